The molecule has 0 fully saturated rings. The van der Waals surface area contributed by atoms with Crippen molar-refractivity contribution in [1.82, 2.24) is 0 Å². The Kier molecular flexibility index (Phi) is 24.7. The van der Waals surface area contributed by atoms with E-state index >= 15 is 0 Å². The molecule has 6 heteroatoms. The second kappa shape index (κ2) is 9.40. The Morgan fingerprint density at radius 2 is 1.50 bits per heavy atom. The monoisotopic (exact) mass is 136 g/mol. The van der Waals surface area contributed by atoms with E-state index in [9.17, 15) is 0 Å². The second-order valence-corrected chi connectivity index (χ2v) is 0.848. The third-order valence-corrected chi connectivity index (χ3v) is 0. The van der Waals surface area contributed by atoms with Gasteiger partial charge in [-0.05, 0) is 0 Å². The summed E-state index contributed by atoms with van der Waals surface area (Å²) in [5.41, 5.74) is 0. The number of hydrogen-bond donors (Lipinski definition) is 2. The maximum Gasteiger partial charge on any atom is 1.00 e. The fraction of sp³-hybridized carbons (Fsp3) is 0. The standard InChI is InChI=1S/Na.H2O3Si.H3P.H/c;1-4(2)3;;/h;1-2H;1H3;/q+1;;;-1. The molecule has 0 amide bonds. The minimum atomic E-state index is -3.13. The molecule has 0 aromatic rings. The van der Waals surface area contributed by atoms with Crippen molar-refractivity contribution in [3.63, 3.8) is 0 Å². The molecule has 0 aromatic heterocycles. The van der Waals surface area contributed by atoms with E-state index in [1.165, 1.54) is 0 Å². The smallest absolute Gasteiger partial charge is 1.00 e. The Morgan fingerprint density at radius 1 is 1.50 bits per heavy atom. The summed E-state index contributed by atoms with van der Waals surface area (Å²) in [4.78, 5) is 14.3. The van der Waals surface area contributed by atoms with Crippen LogP contribution in [0.2, 0.25) is 0 Å². The molecule has 34 valence electrons. The zero-order valence-corrected chi connectivity index (χ0v) is 7.92. The summed E-state index contributed by atoms with van der Waals surface area (Å²) in [5.74, 6) is 0. The van der Waals surface area contributed by atoms with Gasteiger partial charge >= 0.3 is 38.7 Å². The molecular weight excluding hydrogens is 130 g/mol. The van der Waals surface area contributed by atoms with Gasteiger partial charge in [0, 0.05) is 0 Å². The summed E-state index contributed by atoms with van der Waals surface area (Å²) in [6.45, 7) is 0. The van der Waals surface area contributed by atoms with Crippen molar-refractivity contribution in [1.29, 1.82) is 0 Å². The van der Waals surface area contributed by atoms with Gasteiger partial charge in [0.25, 0.3) is 0 Å². The van der Waals surface area contributed by atoms with E-state index in [1.807, 2.05) is 0 Å². The van der Waals surface area contributed by atoms with Crippen LogP contribution in [0.25, 0.3) is 0 Å². The van der Waals surface area contributed by atoms with Gasteiger partial charge in [-0.15, -0.1) is 0 Å². The van der Waals surface area contributed by atoms with Crippen molar-refractivity contribution < 1.29 is 45.0 Å². The fourth-order valence-electron chi connectivity index (χ4n) is 0. The van der Waals surface area contributed by atoms with Crippen molar-refractivity contribution in [2.45, 2.75) is 0 Å². The average Bonchev–Trinajstić information content (AvgIpc) is 0.811. The molecule has 1 atom stereocenters. The first-order valence-electron chi connectivity index (χ1n) is 0.651. The van der Waals surface area contributed by atoms with Gasteiger partial charge in [0.2, 0.25) is 0 Å². The first-order chi connectivity index (χ1) is 1.73. The van der Waals surface area contributed by atoms with Crippen molar-refractivity contribution in [2.24, 2.45) is 0 Å². The summed E-state index contributed by atoms with van der Waals surface area (Å²) < 4.78 is 8.74. The van der Waals surface area contributed by atoms with Crippen LogP contribution < -0.4 is 29.6 Å². The fourth-order valence-corrected chi connectivity index (χ4v) is 0. The van der Waals surface area contributed by atoms with Gasteiger partial charge < -0.3 is 11.0 Å². The van der Waals surface area contributed by atoms with Crippen molar-refractivity contribution in [3.05, 3.63) is 0 Å². The van der Waals surface area contributed by atoms with E-state index in [2.05, 4.69) is 0 Å². The van der Waals surface area contributed by atoms with Crippen LogP contribution in [0, 0.1) is 0 Å². The van der Waals surface area contributed by atoms with Gasteiger partial charge in [-0.3, -0.25) is 4.46 Å². The van der Waals surface area contributed by atoms with Crippen LogP contribution in [0.15, 0.2) is 0 Å². The number of hydrogen-bond acceptors (Lipinski definition) is 1. The van der Waals surface area contributed by atoms with Crippen LogP contribution in [0.3, 0.4) is 0 Å². The van der Waals surface area contributed by atoms with Gasteiger partial charge in [0.05, 0.1) is 0 Å². The largest absolute Gasteiger partial charge is 1.00 e. The van der Waals surface area contributed by atoms with E-state index < -0.39 is 9.17 Å². The predicted molar refractivity (Wildman–Crippen MR) is 23.1 cm³/mol. The Morgan fingerprint density at radius 3 is 1.50 bits per heavy atom. The molecule has 0 bridgehead atoms. The number of rotatable bonds is 0. The minimum Gasteiger partial charge on any atom is -1.00 e. The Balaban J connectivity index is -0.0000000150. The molecule has 0 spiro atoms. The quantitative estimate of drug-likeness (QED) is 0.261. The molecule has 0 aliphatic rings. The molecule has 0 saturated carbocycles. The zero-order valence-electron chi connectivity index (χ0n) is 4.51. The van der Waals surface area contributed by atoms with Crippen molar-refractivity contribution in [2.75, 3.05) is 0 Å². The first kappa shape index (κ1) is 15.7. The van der Waals surface area contributed by atoms with E-state index in [0.29, 0.717) is 0 Å². The molecular formula is H6NaO3PSi. The Hall–Kier alpha value is 1.05. The predicted octanol–water partition coefficient (Wildman–Crippen LogP) is -4.44. The van der Waals surface area contributed by atoms with Crippen LogP contribution in [0.4, 0.5) is 0 Å². The minimum absolute atomic E-state index is 0. The maximum absolute atomic E-state index is 8.74. The van der Waals surface area contributed by atoms with E-state index in [4.69, 9.17) is 14.1 Å². The van der Waals surface area contributed by atoms with Crippen LogP contribution in [0.5, 0.6) is 0 Å². The van der Waals surface area contributed by atoms with Gasteiger partial charge in [-0.25, -0.2) is 0 Å². The topological polar surface area (TPSA) is 57.5 Å². The average molecular weight is 136 g/mol. The molecule has 1 unspecified atom stereocenters. The summed E-state index contributed by atoms with van der Waals surface area (Å²) in [6.07, 6.45) is 0. The molecule has 0 aliphatic carbocycles. The Labute approximate surface area is 64.1 Å². The summed E-state index contributed by atoms with van der Waals surface area (Å²) in [5, 5.41) is 0. The van der Waals surface area contributed by atoms with E-state index in [1.54, 1.807) is 0 Å². The van der Waals surface area contributed by atoms with E-state index in [0.717, 1.165) is 0 Å². The molecule has 2 N–H and O–H groups in total. The molecule has 3 nitrogen and oxygen atoms in total. The van der Waals surface area contributed by atoms with Gasteiger partial charge in [-0.1, -0.05) is 0 Å². The zero-order chi connectivity index (χ0) is 3.58. The summed E-state index contributed by atoms with van der Waals surface area (Å²) >= 11 is 0. The second-order valence-electron chi connectivity index (χ2n) is 0.283. The van der Waals surface area contributed by atoms with Crippen LogP contribution in [0.1, 0.15) is 1.43 Å². The van der Waals surface area contributed by atoms with Crippen molar-refractivity contribution in [3.8, 4) is 0 Å². The first-order valence-corrected chi connectivity index (χ1v) is 1.95. The normalized spacial score (nSPS) is 4.00. The van der Waals surface area contributed by atoms with Crippen molar-refractivity contribution >= 4 is 19.1 Å². The third kappa shape index (κ3) is 75.4. The molecule has 0 aliphatic heterocycles. The Bertz CT molecular complexity index is 37.9. The molecule has 0 radical (unpaired) electrons. The van der Waals surface area contributed by atoms with Gasteiger partial charge in [0.15, 0.2) is 0 Å². The summed E-state index contributed by atoms with van der Waals surface area (Å²) in [6, 6.07) is 0. The van der Waals surface area contributed by atoms with Crippen LogP contribution in [-0.4, -0.2) is 18.8 Å². The van der Waals surface area contributed by atoms with Gasteiger partial charge in [-0.2, -0.15) is 9.90 Å². The van der Waals surface area contributed by atoms with Gasteiger partial charge in [0.1, 0.15) is 0 Å². The van der Waals surface area contributed by atoms with E-state index in [-0.39, 0.29) is 40.9 Å². The summed E-state index contributed by atoms with van der Waals surface area (Å²) in [7, 11) is -3.13. The molecule has 0 aromatic carbocycles. The molecule has 0 saturated heterocycles. The van der Waals surface area contributed by atoms with Crippen LogP contribution in [-0.2, 0) is 4.46 Å². The SMILES string of the molecule is O=[Si](O)O.P.[H-].[Na+]. The van der Waals surface area contributed by atoms with Crippen LogP contribution >= 0.6 is 9.90 Å². The molecule has 0 heterocycles. The molecule has 6 heavy (non-hydrogen) atoms. The molecule has 0 rings (SSSR count). The third-order valence-electron chi connectivity index (χ3n) is 0. The maximum atomic E-state index is 8.74.